The molecule has 2 atom stereocenters. The summed E-state index contributed by atoms with van der Waals surface area (Å²) in [5.41, 5.74) is 1.59. The van der Waals surface area contributed by atoms with Gasteiger partial charge in [0.1, 0.15) is 16.5 Å². The monoisotopic (exact) mass is 377 g/mol. The van der Waals surface area contributed by atoms with Crippen molar-refractivity contribution in [1.82, 2.24) is 4.98 Å². The lowest BCUT2D eigenvalue weighted by atomic mass is 10.1. The van der Waals surface area contributed by atoms with Gasteiger partial charge < -0.3 is 15.0 Å². The van der Waals surface area contributed by atoms with Crippen molar-refractivity contribution < 1.29 is 13.9 Å². The summed E-state index contributed by atoms with van der Waals surface area (Å²) in [6.07, 6.45) is 0.214. The van der Waals surface area contributed by atoms with E-state index in [4.69, 9.17) is 4.74 Å². The van der Waals surface area contributed by atoms with E-state index in [0.29, 0.717) is 5.13 Å². The first kappa shape index (κ1) is 18.8. The molecule has 1 aromatic carbocycles. The van der Waals surface area contributed by atoms with Gasteiger partial charge in [-0.2, -0.15) is 0 Å². The van der Waals surface area contributed by atoms with Crippen molar-refractivity contribution >= 4 is 27.4 Å². The molecule has 0 saturated carbocycles. The van der Waals surface area contributed by atoms with Crippen LogP contribution < -0.4 is 10.2 Å². The Morgan fingerprint density at radius 2 is 1.88 bits per heavy atom. The van der Waals surface area contributed by atoms with Crippen LogP contribution in [0, 0.1) is 11.7 Å². The molecule has 0 aliphatic carbocycles. The quantitative estimate of drug-likeness (QED) is 0.869. The van der Waals surface area contributed by atoms with Gasteiger partial charge in [-0.05, 0) is 38.1 Å². The topological polar surface area (TPSA) is 54.5 Å². The van der Waals surface area contributed by atoms with E-state index in [0.717, 1.165) is 29.3 Å². The standard InChI is InChI=1S/C19H24FN3O2S/c1-11(2)17(24)22-19-21-16(14-5-7-15(20)8-6-14)18(26-19)23-9-12(3)25-13(4)10-23/h5-8,11-13H,9-10H2,1-4H3,(H,21,22,24)/t12-,13+. The number of aromatic nitrogens is 1. The van der Waals surface area contributed by atoms with E-state index < -0.39 is 0 Å². The number of hydrogen-bond acceptors (Lipinski definition) is 5. The molecule has 1 aliphatic heterocycles. The molecule has 2 aromatic rings. The Bertz CT molecular complexity index is 766. The molecule has 1 fully saturated rings. The van der Waals surface area contributed by atoms with Crippen molar-refractivity contribution in [3.05, 3.63) is 30.1 Å². The lowest BCUT2D eigenvalue weighted by Crippen LogP contribution is -2.45. The molecule has 1 aromatic heterocycles. The van der Waals surface area contributed by atoms with Crippen LogP contribution in [0.4, 0.5) is 14.5 Å². The van der Waals surface area contributed by atoms with Crippen molar-refractivity contribution in [2.75, 3.05) is 23.3 Å². The highest BCUT2D eigenvalue weighted by atomic mass is 32.1. The fourth-order valence-corrected chi connectivity index (χ4v) is 3.98. The van der Waals surface area contributed by atoms with Gasteiger partial charge >= 0.3 is 0 Å². The minimum Gasteiger partial charge on any atom is -0.372 e. The van der Waals surface area contributed by atoms with E-state index in [2.05, 4.69) is 15.2 Å². The Balaban J connectivity index is 1.98. The largest absolute Gasteiger partial charge is 0.372 e. The maximum Gasteiger partial charge on any atom is 0.228 e. The van der Waals surface area contributed by atoms with Crippen LogP contribution in [-0.2, 0) is 9.53 Å². The molecular weight excluding hydrogens is 353 g/mol. The molecule has 0 radical (unpaired) electrons. The third-order valence-corrected chi connectivity index (χ3v) is 5.22. The van der Waals surface area contributed by atoms with Crippen LogP contribution in [0.25, 0.3) is 11.3 Å². The SMILES string of the molecule is CC(C)C(=O)Nc1nc(-c2ccc(F)cc2)c(N2C[C@@H](C)O[C@@H](C)C2)s1. The average Bonchev–Trinajstić information content (AvgIpc) is 2.98. The molecule has 1 amide bonds. The number of halogens is 1. The van der Waals surface area contributed by atoms with Gasteiger partial charge in [0.25, 0.3) is 0 Å². The van der Waals surface area contributed by atoms with Gasteiger partial charge in [0.2, 0.25) is 5.91 Å². The van der Waals surface area contributed by atoms with Gasteiger partial charge in [-0.3, -0.25) is 4.79 Å². The second kappa shape index (κ2) is 7.72. The molecule has 26 heavy (non-hydrogen) atoms. The third-order valence-electron chi connectivity index (χ3n) is 4.19. The minimum absolute atomic E-state index is 0.0698. The highest BCUT2D eigenvalue weighted by Crippen LogP contribution is 2.40. The number of amides is 1. The van der Waals surface area contributed by atoms with Gasteiger partial charge in [0.05, 0.1) is 12.2 Å². The van der Waals surface area contributed by atoms with E-state index in [1.54, 1.807) is 12.1 Å². The summed E-state index contributed by atoms with van der Waals surface area (Å²) in [7, 11) is 0. The zero-order chi connectivity index (χ0) is 18.8. The van der Waals surface area contributed by atoms with E-state index in [9.17, 15) is 9.18 Å². The summed E-state index contributed by atoms with van der Waals surface area (Å²) < 4.78 is 19.1. The molecule has 0 spiro atoms. The number of ether oxygens (including phenoxy) is 1. The van der Waals surface area contributed by atoms with Crippen molar-refractivity contribution in [2.45, 2.75) is 39.9 Å². The highest BCUT2D eigenvalue weighted by Gasteiger charge is 2.27. The van der Waals surface area contributed by atoms with Gasteiger partial charge in [-0.1, -0.05) is 25.2 Å². The molecule has 0 unspecified atom stereocenters. The maximum absolute atomic E-state index is 13.3. The predicted molar refractivity (Wildman–Crippen MR) is 103 cm³/mol. The van der Waals surface area contributed by atoms with Gasteiger partial charge in [0, 0.05) is 24.6 Å². The Morgan fingerprint density at radius 1 is 1.27 bits per heavy atom. The normalized spacial score (nSPS) is 20.5. The second-order valence-electron chi connectivity index (χ2n) is 6.99. The average molecular weight is 377 g/mol. The molecule has 1 saturated heterocycles. The van der Waals surface area contributed by atoms with Crippen LogP contribution in [0.3, 0.4) is 0 Å². The number of benzene rings is 1. The summed E-state index contributed by atoms with van der Waals surface area (Å²) in [5, 5.41) is 4.41. The van der Waals surface area contributed by atoms with Crippen LogP contribution in [0.5, 0.6) is 0 Å². The second-order valence-corrected chi connectivity index (χ2v) is 7.96. The number of nitrogens with one attached hydrogen (secondary N) is 1. The van der Waals surface area contributed by atoms with Crippen LogP contribution in [-0.4, -0.2) is 36.2 Å². The van der Waals surface area contributed by atoms with Crippen LogP contribution in [0.2, 0.25) is 0 Å². The Morgan fingerprint density at radius 3 is 2.46 bits per heavy atom. The zero-order valence-corrected chi connectivity index (χ0v) is 16.3. The minimum atomic E-state index is -0.285. The van der Waals surface area contributed by atoms with Crippen molar-refractivity contribution in [3.8, 4) is 11.3 Å². The predicted octanol–water partition coefficient (Wildman–Crippen LogP) is 4.16. The first-order chi connectivity index (χ1) is 12.3. The molecule has 1 N–H and O–H groups in total. The summed E-state index contributed by atoms with van der Waals surface area (Å²) in [6.45, 7) is 9.27. The Labute approximate surface area is 157 Å². The zero-order valence-electron chi connectivity index (χ0n) is 15.5. The number of carbonyl (C=O) groups is 1. The number of carbonyl (C=O) groups excluding carboxylic acids is 1. The van der Waals surface area contributed by atoms with Crippen molar-refractivity contribution in [1.29, 1.82) is 0 Å². The molecule has 7 heteroatoms. The van der Waals surface area contributed by atoms with Crippen LogP contribution in [0.15, 0.2) is 24.3 Å². The molecule has 5 nitrogen and oxygen atoms in total. The lowest BCUT2D eigenvalue weighted by molar-refractivity contribution is -0.118. The Kier molecular flexibility index (Phi) is 5.58. The number of morpholine rings is 1. The summed E-state index contributed by atoms with van der Waals surface area (Å²) in [6, 6.07) is 6.29. The van der Waals surface area contributed by atoms with Gasteiger partial charge in [-0.25, -0.2) is 9.37 Å². The number of nitrogens with zero attached hydrogens (tertiary/aromatic N) is 2. The lowest BCUT2D eigenvalue weighted by Gasteiger charge is -2.36. The number of hydrogen-bond donors (Lipinski definition) is 1. The maximum atomic E-state index is 13.3. The fourth-order valence-electron chi connectivity index (χ4n) is 2.97. The first-order valence-corrected chi connectivity index (χ1v) is 9.63. The summed E-state index contributed by atoms with van der Waals surface area (Å²) >= 11 is 1.45. The van der Waals surface area contributed by atoms with Crippen LogP contribution in [0.1, 0.15) is 27.7 Å². The third kappa shape index (κ3) is 4.22. The molecule has 2 heterocycles. The van der Waals surface area contributed by atoms with E-state index in [1.807, 2.05) is 27.7 Å². The summed E-state index contributed by atoms with van der Waals surface area (Å²) in [4.78, 5) is 18.9. The fraction of sp³-hybridized carbons (Fsp3) is 0.474. The van der Waals surface area contributed by atoms with Crippen molar-refractivity contribution in [2.24, 2.45) is 5.92 Å². The first-order valence-electron chi connectivity index (χ1n) is 8.81. The van der Waals surface area contributed by atoms with Gasteiger partial charge in [0.15, 0.2) is 5.13 Å². The molecule has 0 bridgehead atoms. The number of anilines is 2. The van der Waals surface area contributed by atoms with E-state index in [-0.39, 0.29) is 29.9 Å². The van der Waals surface area contributed by atoms with Crippen molar-refractivity contribution in [3.63, 3.8) is 0 Å². The number of thiazole rings is 1. The van der Waals surface area contributed by atoms with E-state index in [1.165, 1.54) is 23.5 Å². The highest BCUT2D eigenvalue weighted by molar-refractivity contribution is 7.20. The molecular formula is C19H24FN3O2S. The van der Waals surface area contributed by atoms with Gasteiger partial charge in [-0.15, -0.1) is 0 Å². The smallest absolute Gasteiger partial charge is 0.228 e. The molecule has 140 valence electrons. The molecule has 3 rings (SSSR count). The Hall–Kier alpha value is -1.99. The van der Waals surface area contributed by atoms with Crippen LogP contribution >= 0.6 is 11.3 Å². The molecule has 1 aliphatic rings. The van der Waals surface area contributed by atoms with E-state index >= 15 is 0 Å². The number of rotatable bonds is 4. The summed E-state index contributed by atoms with van der Waals surface area (Å²) in [5.74, 6) is -0.479.